The second-order valence-corrected chi connectivity index (χ2v) is 8.89. The average Bonchev–Trinajstić information content (AvgIpc) is 3.19. The Hall–Kier alpha value is -1.07. The third-order valence-electron chi connectivity index (χ3n) is 5.18. The van der Waals surface area contributed by atoms with Gasteiger partial charge in [-0.25, -0.2) is 0 Å². The summed E-state index contributed by atoms with van der Waals surface area (Å²) in [5.74, 6) is 1.69. The second-order valence-electron chi connectivity index (χ2n) is 7.60. The minimum atomic E-state index is 0.523. The van der Waals surface area contributed by atoms with Crippen LogP contribution in [0.3, 0.4) is 0 Å². The van der Waals surface area contributed by atoms with Crippen molar-refractivity contribution in [3.8, 4) is 5.75 Å². The summed E-state index contributed by atoms with van der Waals surface area (Å²) in [6.45, 7) is 6.99. The number of nitrogens with one attached hydrogen (secondary N) is 2. The number of ether oxygens (including phenoxy) is 1. The molecule has 2 N–H and O–H groups in total. The van der Waals surface area contributed by atoms with Gasteiger partial charge in [-0.15, -0.1) is 0 Å². The molecule has 0 radical (unpaired) electrons. The number of aryl methyl sites for hydroxylation is 1. The lowest BCUT2D eigenvalue weighted by Gasteiger charge is -2.14. The van der Waals surface area contributed by atoms with Crippen molar-refractivity contribution in [2.45, 2.75) is 45.8 Å². The largest absolute Gasteiger partial charge is 0.489 e. The molecule has 152 valence electrons. The molecule has 5 heteroatoms. The lowest BCUT2D eigenvalue weighted by molar-refractivity contribution is 0.304. The first-order valence-corrected chi connectivity index (χ1v) is 11.4. The summed E-state index contributed by atoms with van der Waals surface area (Å²) in [5.41, 5.74) is 3.75. The predicted molar refractivity (Wildman–Crippen MR) is 121 cm³/mol. The van der Waals surface area contributed by atoms with E-state index in [9.17, 15) is 0 Å². The fraction of sp³-hybridized carbons (Fsp3) is 0.478. The summed E-state index contributed by atoms with van der Waals surface area (Å²) in [4.78, 5) is 0. The van der Waals surface area contributed by atoms with Crippen molar-refractivity contribution in [1.29, 1.82) is 0 Å². The summed E-state index contributed by atoms with van der Waals surface area (Å²) < 4.78 is 7.12. The Kier molecular flexibility index (Phi) is 8.66. The SMILES string of the molecule is CCCCc1cc(CNCC2CCNC2)cc(OCc2ccc(Cl)cc2Br)c1. The number of hydrogen-bond acceptors (Lipinski definition) is 3. The highest BCUT2D eigenvalue weighted by atomic mass is 79.9. The molecule has 0 aliphatic carbocycles. The highest BCUT2D eigenvalue weighted by Crippen LogP contribution is 2.25. The van der Waals surface area contributed by atoms with Crippen LogP contribution >= 0.6 is 27.5 Å². The minimum absolute atomic E-state index is 0.523. The van der Waals surface area contributed by atoms with Crippen molar-refractivity contribution < 1.29 is 4.74 Å². The number of rotatable bonds is 10. The van der Waals surface area contributed by atoms with Gasteiger partial charge in [-0.3, -0.25) is 0 Å². The third-order valence-corrected chi connectivity index (χ3v) is 6.15. The Morgan fingerprint density at radius 3 is 2.82 bits per heavy atom. The molecule has 3 rings (SSSR count). The van der Waals surface area contributed by atoms with Gasteiger partial charge in [0.1, 0.15) is 12.4 Å². The fourth-order valence-electron chi connectivity index (χ4n) is 3.55. The molecule has 3 nitrogen and oxygen atoms in total. The second kappa shape index (κ2) is 11.2. The maximum Gasteiger partial charge on any atom is 0.120 e. The normalized spacial score (nSPS) is 16.5. The van der Waals surface area contributed by atoms with E-state index in [1.165, 1.54) is 30.4 Å². The molecule has 0 spiro atoms. The van der Waals surface area contributed by atoms with Gasteiger partial charge < -0.3 is 15.4 Å². The van der Waals surface area contributed by atoms with Crippen LogP contribution in [0.15, 0.2) is 40.9 Å². The summed E-state index contributed by atoms with van der Waals surface area (Å²) in [7, 11) is 0. The van der Waals surface area contributed by atoms with Crippen LogP contribution in [0.25, 0.3) is 0 Å². The Morgan fingerprint density at radius 2 is 2.07 bits per heavy atom. The first-order valence-electron chi connectivity index (χ1n) is 10.2. The number of halogens is 2. The van der Waals surface area contributed by atoms with Crippen LogP contribution in [0.2, 0.25) is 5.02 Å². The van der Waals surface area contributed by atoms with E-state index >= 15 is 0 Å². The van der Waals surface area contributed by atoms with Crippen LogP contribution in [0.4, 0.5) is 0 Å². The highest BCUT2D eigenvalue weighted by Gasteiger charge is 2.13. The van der Waals surface area contributed by atoms with E-state index < -0.39 is 0 Å². The van der Waals surface area contributed by atoms with Gasteiger partial charge >= 0.3 is 0 Å². The van der Waals surface area contributed by atoms with Crippen LogP contribution in [0.5, 0.6) is 5.75 Å². The van der Waals surface area contributed by atoms with Crippen LogP contribution in [-0.2, 0) is 19.6 Å². The van der Waals surface area contributed by atoms with E-state index in [0.717, 1.165) is 59.3 Å². The van der Waals surface area contributed by atoms with Crippen LogP contribution in [0, 0.1) is 5.92 Å². The van der Waals surface area contributed by atoms with Gasteiger partial charge in [-0.05, 0) is 80.2 Å². The molecule has 1 fully saturated rings. The van der Waals surface area contributed by atoms with Crippen molar-refractivity contribution in [1.82, 2.24) is 10.6 Å². The monoisotopic (exact) mass is 464 g/mol. The van der Waals surface area contributed by atoms with E-state index in [0.29, 0.717) is 6.61 Å². The summed E-state index contributed by atoms with van der Waals surface area (Å²) >= 11 is 9.61. The molecule has 1 unspecified atom stereocenters. The lowest BCUT2D eigenvalue weighted by Crippen LogP contribution is -2.24. The molecule has 0 amide bonds. The van der Waals surface area contributed by atoms with Crippen molar-refractivity contribution in [3.63, 3.8) is 0 Å². The molecular formula is C23H30BrClN2O. The molecule has 0 bridgehead atoms. The van der Waals surface area contributed by atoms with E-state index in [1.54, 1.807) is 0 Å². The van der Waals surface area contributed by atoms with E-state index in [4.69, 9.17) is 16.3 Å². The number of benzene rings is 2. The third kappa shape index (κ3) is 6.77. The molecular weight excluding hydrogens is 436 g/mol. The Morgan fingerprint density at radius 1 is 1.21 bits per heavy atom. The molecule has 1 heterocycles. The molecule has 2 aromatic carbocycles. The van der Waals surface area contributed by atoms with E-state index in [-0.39, 0.29) is 0 Å². The van der Waals surface area contributed by atoms with Crippen molar-refractivity contribution >= 4 is 27.5 Å². The minimum Gasteiger partial charge on any atom is -0.489 e. The van der Waals surface area contributed by atoms with Gasteiger partial charge in [0.05, 0.1) is 0 Å². The highest BCUT2D eigenvalue weighted by molar-refractivity contribution is 9.10. The summed E-state index contributed by atoms with van der Waals surface area (Å²) in [6, 6.07) is 12.5. The molecule has 28 heavy (non-hydrogen) atoms. The van der Waals surface area contributed by atoms with Gasteiger partial charge in [-0.1, -0.05) is 53.0 Å². The summed E-state index contributed by atoms with van der Waals surface area (Å²) in [5, 5.41) is 7.78. The maximum atomic E-state index is 6.14. The van der Waals surface area contributed by atoms with Gasteiger partial charge in [0.15, 0.2) is 0 Å². The quantitative estimate of drug-likeness (QED) is 0.470. The lowest BCUT2D eigenvalue weighted by atomic mass is 10.0. The van der Waals surface area contributed by atoms with Crippen molar-refractivity contribution in [3.05, 3.63) is 62.6 Å². The molecule has 1 saturated heterocycles. The molecule has 1 aliphatic rings. The van der Waals surface area contributed by atoms with Crippen LogP contribution in [0.1, 0.15) is 42.9 Å². The summed E-state index contributed by atoms with van der Waals surface area (Å²) in [6.07, 6.45) is 4.77. The molecule has 2 aromatic rings. The first-order chi connectivity index (χ1) is 13.6. The zero-order valence-corrected chi connectivity index (χ0v) is 18.9. The van der Waals surface area contributed by atoms with Crippen molar-refractivity contribution in [2.75, 3.05) is 19.6 Å². The Bertz CT molecular complexity index is 762. The van der Waals surface area contributed by atoms with Crippen LogP contribution in [-0.4, -0.2) is 19.6 Å². The van der Waals surface area contributed by atoms with Gasteiger partial charge in [-0.2, -0.15) is 0 Å². The topological polar surface area (TPSA) is 33.3 Å². The fourth-order valence-corrected chi connectivity index (χ4v) is 4.35. The Balaban J connectivity index is 1.63. The molecule has 1 atom stereocenters. The number of hydrogen-bond donors (Lipinski definition) is 2. The number of unbranched alkanes of at least 4 members (excludes halogenated alkanes) is 1. The molecule has 0 aromatic heterocycles. The van der Waals surface area contributed by atoms with Gasteiger partial charge in [0, 0.05) is 21.6 Å². The standard InChI is InChI=1S/C23H30BrClN2O/c1-2-3-4-17-9-19(15-27-14-18-7-8-26-13-18)11-22(10-17)28-16-20-5-6-21(25)12-23(20)24/h5-6,9-12,18,26-27H,2-4,7-8,13-16H2,1H3. The maximum absolute atomic E-state index is 6.14. The molecule has 1 aliphatic heterocycles. The zero-order valence-electron chi connectivity index (χ0n) is 16.6. The van der Waals surface area contributed by atoms with E-state index in [2.05, 4.69) is 51.7 Å². The smallest absolute Gasteiger partial charge is 0.120 e. The van der Waals surface area contributed by atoms with E-state index in [1.807, 2.05) is 18.2 Å². The van der Waals surface area contributed by atoms with Crippen molar-refractivity contribution in [2.24, 2.45) is 5.92 Å². The zero-order chi connectivity index (χ0) is 19.8. The Labute approximate surface area is 182 Å². The van der Waals surface area contributed by atoms with Crippen LogP contribution < -0.4 is 15.4 Å². The average molecular weight is 466 g/mol. The van der Waals surface area contributed by atoms with Gasteiger partial charge in [0.2, 0.25) is 0 Å². The van der Waals surface area contributed by atoms with Gasteiger partial charge in [0.25, 0.3) is 0 Å². The molecule has 0 saturated carbocycles. The first kappa shape index (κ1) is 21.6. The predicted octanol–water partition coefficient (Wildman–Crippen LogP) is 5.72.